The highest BCUT2D eigenvalue weighted by Crippen LogP contribution is 2.22. The predicted molar refractivity (Wildman–Crippen MR) is 117 cm³/mol. The summed E-state index contributed by atoms with van der Waals surface area (Å²) in [6.07, 6.45) is 2.59. The van der Waals surface area contributed by atoms with Gasteiger partial charge in [-0.1, -0.05) is 29.8 Å². The fourth-order valence-electron chi connectivity index (χ4n) is 2.75. The number of anilines is 1. The Kier molecular flexibility index (Phi) is 7.03. The van der Waals surface area contributed by atoms with E-state index in [1.807, 2.05) is 13.0 Å². The Hall–Kier alpha value is -3.38. The van der Waals surface area contributed by atoms with E-state index in [1.165, 1.54) is 0 Å². The molecule has 0 saturated carbocycles. The molecule has 3 aromatic rings. The number of para-hydroxylation sites is 1. The van der Waals surface area contributed by atoms with Crippen molar-refractivity contribution in [3.63, 3.8) is 0 Å². The highest BCUT2D eigenvalue weighted by molar-refractivity contribution is 6.31. The van der Waals surface area contributed by atoms with Gasteiger partial charge in [-0.15, -0.1) is 0 Å². The molecule has 0 spiro atoms. The molecule has 1 heterocycles. The number of hydrogen-bond donors (Lipinski definition) is 2. The lowest BCUT2D eigenvalue weighted by molar-refractivity contribution is -0.122. The van der Waals surface area contributed by atoms with Crippen molar-refractivity contribution in [2.45, 2.75) is 26.5 Å². The van der Waals surface area contributed by atoms with E-state index in [0.717, 1.165) is 11.1 Å². The molecular weight excluding hydrogens is 402 g/mol. The van der Waals surface area contributed by atoms with Gasteiger partial charge in [0.25, 0.3) is 11.8 Å². The number of pyridine rings is 1. The Morgan fingerprint density at radius 1 is 1.13 bits per heavy atom. The number of aromatic nitrogens is 1. The van der Waals surface area contributed by atoms with Gasteiger partial charge in [-0.05, 0) is 61.4 Å². The number of amides is 2. The van der Waals surface area contributed by atoms with Crippen molar-refractivity contribution in [1.29, 1.82) is 0 Å². The van der Waals surface area contributed by atoms with Crippen molar-refractivity contribution in [3.8, 4) is 5.75 Å². The summed E-state index contributed by atoms with van der Waals surface area (Å²) in [6.45, 7) is 3.84. The zero-order chi connectivity index (χ0) is 21.5. The molecule has 0 fully saturated rings. The molecule has 2 aromatic carbocycles. The molecule has 0 radical (unpaired) electrons. The topological polar surface area (TPSA) is 80.3 Å². The quantitative estimate of drug-likeness (QED) is 0.591. The molecular formula is C23H22ClN3O3. The first kappa shape index (κ1) is 21.3. The van der Waals surface area contributed by atoms with E-state index in [-0.39, 0.29) is 11.8 Å². The normalized spacial score (nSPS) is 11.4. The summed E-state index contributed by atoms with van der Waals surface area (Å²) in [5, 5.41) is 6.24. The number of carbonyl (C=O) groups excluding carboxylic acids is 2. The highest BCUT2D eigenvalue weighted by Gasteiger charge is 2.18. The number of benzene rings is 2. The number of nitrogens with zero attached hydrogens (tertiary/aromatic N) is 1. The first-order valence-electron chi connectivity index (χ1n) is 9.44. The van der Waals surface area contributed by atoms with Gasteiger partial charge >= 0.3 is 0 Å². The monoisotopic (exact) mass is 423 g/mol. The van der Waals surface area contributed by atoms with Gasteiger partial charge in [0.15, 0.2) is 6.10 Å². The molecule has 3 rings (SSSR count). The summed E-state index contributed by atoms with van der Waals surface area (Å²) in [7, 11) is 0. The fourth-order valence-corrected chi connectivity index (χ4v) is 2.87. The molecule has 0 aliphatic heterocycles. The molecule has 7 heteroatoms. The molecule has 30 heavy (non-hydrogen) atoms. The second-order valence-corrected chi connectivity index (χ2v) is 7.16. The second kappa shape index (κ2) is 9.89. The summed E-state index contributed by atoms with van der Waals surface area (Å²) in [6, 6.07) is 15.7. The van der Waals surface area contributed by atoms with Crippen molar-refractivity contribution >= 4 is 29.1 Å². The lowest BCUT2D eigenvalue weighted by Gasteiger charge is -2.17. The summed E-state index contributed by atoms with van der Waals surface area (Å²) in [4.78, 5) is 29.3. The highest BCUT2D eigenvalue weighted by atomic mass is 35.5. The maximum atomic E-state index is 12.6. The minimum atomic E-state index is -0.767. The van der Waals surface area contributed by atoms with Crippen molar-refractivity contribution in [3.05, 3.63) is 88.7 Å². The Labute approximate surface area is 180 Å². The molecule has 2 N–H and O–H groups in total. The minimum absolute atomic E-state index is 0.295. The van der Waals surface area contributed by atoms with Crippen LogP contribution in [0, 0.1) is 6.92 Å². The summed E-state index contributed by atoms with van der Waals surface area (Å²) >= 11 is 6.02. The van der Waals surface area contributed by atoms with Gasteiger partial charge in [-0.2, -0.15) is 0 Å². The second-order valence-electron chi connectivity index (χ2n) is 6.75. The van der Waals surface area contributed by atoms with Crippen LogP contribution in [0.3, 0.4) is 0 Å². The third kappa shape index (κ3) is 5.58. The van der Waals surface area contributed by atoms with Gasteiger partial charge in [0.05, 0.1) is 11.3 Å². The number of aryl methyl sites for hydroxylation is 1. The fraction of sp³-hybridized carbons (Fsp3) is 0.174. The van der Waals surface area contributed by atoms with E-state index in [2.05, 4.69) is 15.6 Å². The van der Waals surface area contributed by atoms with E-state index in [4.69, 9.17) is 16.3 Å². The third-order valence-electron chi connectivity index (χ3n) is 4.42. The number of carbonyl (C=O) groups is 2. The van der Waals surface area contributed by atoms with Gasteiger partial charge in [0.1, 0.15) is 5.75 Å². The van der Waals surface area contributed by atoms with Gasteiger partial charge in [-0.25, -0.2) is 0 Å². The molecule has 2 amide bonds. The Balaban J connectivity index is 1.65. The molecule has 154 valence electrons. The lowest BCUT2D eigenvalue weighted by Crippen LogP contribution is -2.31. The number of rotatable bonds is 7. The van der Waals surface area contributed by atoms with E-state index in [0.29, 0.717) is 28.6 Å². The first-order valence-corrected chi connectivity index (χ1v) is 9.81. The van der Waals surface area contributed by atoms with Crippen LogP contribution >= 0.6 is 11.6 Å². The van der Waals surface area contributed by atoms with Crippen LogP contribution in [0.15, 0.2) is 67.0 Å². The zero-order valence-electron chi connectivity index (χ0n) is 16.7. The van der Waals surface area contributed by atoms with Crippen LogP contribution in [0.25, 0.3) is 0 Å². The molecule has 0 bridgehead atoms. The predicted octanol–water partition coefficient (Wildman–Crippen LogP) is 4.38. The van der Waals surface area contributed by atoms with Crippen molar-refractivity contribution in [1.82, 2.24) is 10.3 Å². The molecule has 1 atom stereocenters. The van der Waals surface area contributed by atoms with E-state index >= 15 is 0 Å². The minimum Gasteiger partial charge on any atom is -0.481 e. The molecule has 0 aliphatic carbocycles. The van der Waals surface area contributed by atoms with Gasteiger partial charge in [0, 0.05) is 24.0 Å². The van der Waals surface area contributed by atoms with Crippen molar-refractivity contribution < 1.29 is 14.3 Å². The first-order chi connectivity index (χ1) is 14.4. The summed E-state index contributed by atoms with van der Waals surface area (Å²) < 4.78 is 5.71. The van der Waals surface area contributed by atoms with E-state index in [1.54, 1.807) is 67.8 Å². The van der Waals surface area contributed by atoms with Crippen LogP contribution in [0.4, 0.5) is 5.69 Å². The average molecular weight is 424 g/mol. The summed E-state index contributed by atoms with van der Waals surface area (Å²) in [5.41, 5.74) is 2.52. The van der Waals surface area contributed by atoms with Gasteiger partial charge in [0.2, 0.25) is 0 Å². The molecule has 0 aliphatic rings. The van der Waals surface area contributed by atoms with Crippen LogP contribution in [0.1, 0.15) is 28.4 Å². The maximum Gasteiger partial charge on any atom is 0.265 e. The SMILES string of the molecule is Cc1cc(O[C@H](C)C(=O)Nc2ccccc2C(=O)NCc2cccnc2)ccc1Cl. The largest absolute Gasteiger partial charge is 0.481 e. The Bertz CT molecular complexity index is 1040. The van der Waals surface area contributed by atoms with Crippen LogP contribution in [0.5, 0.6) is 5.75 Å². The molecule has 6 nitrogen and oxygen atoms in total. The number of halogens is 1. The Morgan fingerprint density at radius 2 is 1.93 bits per heavy atom. The lowest BCUT2D eigenvalue weighted by atomic mass is 10.1. The van der Waals surface area contributed by atoms with Crippen molar-refractivity contribution in [2.24, 2.45) is 0 Å². The number of nitrogens with one attached hydrogen (secondary N) is 2. The molecule has 0 saturated heterocycles. The third-order valence-corrected chi connectivity index (χ3v) is 4.84. The number of ether oxygens (including phenoxy) is 1. The average Bonchev–Trinajstić information content (AvgIpc) is 2.75. The van der Waals surface area contributed by atoms with E-state index in [9.17, 15) is 9.59 Å². The van der Waals surface area contributed by atoms with Crippen LogP contribution in [-0.4, -0.2) is 22.9 Å². The van der Waals surface area contributed by atoms with Gasteiger partial charge < -0.3 is 15.4 Å². The molecule has 1 aromatic heterocycles. The van der Waals surface area contributed by atoms with Crippen LogP contribution < -0.4 is 15.4 Å². The number of hydrogen-bond acceptors (Lipinski definition) is 4. The van der Waals surface area contributed by atoms with Gasteiger partial charge in [-0.3, -0.25) is 14.6 Å². The van der Waals surface area contributed by atoms with Crippen LogP contribution in [0.2, 0.25) is 5.02 Å². The smallest absolute Gasteiger partial charge is 0.265 e. The summed E-state index contributed by atoms with van der Waals surface area (Å²) in [5.74, 6) is -0.117. The van der Waals surface area contributed by atoms with Crippen LogP contribution in [-0.2, 0) is 11.3 Å². The standard InChI is InChI=1S/C23H22ClN3O3/c1-15-12-18(9-10-20(15)24)30-16(2)22(28)27-21-8-4-3-7-19(21)23(29)26-14-17-6-5-11-25-13-17/h3-13,16H,14H2,1-2H3,(H,26,29)(H,27,28)/t16-/m1/s1. The zero-order valence-corrected chi connectivity index (χ0v) is 17.4. The Morgan fingerprint density at radius 3 is 2.67 bits per heavy atom. The maximum absolute atomic E-state index is 12.6. The van der Waals surface area contributed by atoms with Crippen molar-refractivity contribution in [2.75, 3.05) is 5.32 Å². The van der Waals surface area contributed by atoms with E-state index < -0.39 is 6.10 Å². The molecule has 0 unspecified atom stereocenters.